The van der Waals surface area contributed by atoms with Crippen molar-refractivity contribution in [2.24, 2.45) is 0 Å². The van der Waals surface area contributed by atoms with Crippen LogP contribution in [0, 0.1) is 0 Å². The molecule has 0 heterocycles. The first-order chi connectivity index (χ1) is 9.99. The summed E-state index contributed by atoms with van der Waals surface area (Å²) >= 11 is 0. The Balaban J connectivity index is 2.66. The molecule has 0 saturated carbocycles. The minimum Gasteiger partial charge on any atom is -0.497 e. The summed E-state index contributed by atoms with van der Waals surface area (Å²) in [6.45, 7) is 6.22. The van der Waals surface area contributed by atoms with E-state index in [-0.39, 0.29) is 12.0 Å². The fraction of sp³-hybridized carbons (Fsp3) is 0.588. The van der Waals surface area contributed by atoms with Crippen molar-refractivity contribution in [3.05, 3.63) is 29.8 Å². The first-order valence-electron chi connectivity index (χ1n) is 7.62. The Morgan fingerprint density at radius 1 is 1.29 bits per heavy atom. The van der Waals surface area contributed by atoms with Crippen LogP contribution < -0.4 is 10.1 Å². The van der Waals surface area contributed by atoms with Crippen LogP contribution in [0.4, 0.5) is 0 Å². The van der Waals surface area contributed by atoms with Crippen LogP contribution in [0.3, 0.4) is 0 Å². The second-order valence-electron chi connectivity index (χ2n) is 5.55. The summed E-state index contributed by atoms with van der Waals surface area (Å²) < 4.78 is 5.16. The largest absolute Gasteiger partial charge is 0.497 e. The number of rotatable bonds is 9. The lowest BCUT2D eigenvalue weighted by Crippen LogP contribution is -2.44. The first-order valence-corrected chi connectivity index (χ1v) is 7.62. The SMILES string of the molecule is CCCC[C@H](NC(C)C(C)c1ccc(OC)cc1)C(=O)O. The molecule has 4 nitrogen and oxygen atoms in total. The van der Waals surface area contributed by atoms with Crippen LogP contribution in [0.1, 0.15) is 51.5 Å². The minimum atomic E-state index is -0.766. The number of carboxylic acid groups (broad SMARTS) is 1. The zero-order valence-corrected chi connectivity index (χ0v) is 13.4. The molecule has 2 N–H and O–H groups in total. The van der Waals surface area contributed by atoms with Crippen molar-refractivity contribution in [3.8, 4) is 5.75 Å². The Labute approximate surface area is 127 Å². The van der Waals surface area contributed by atoms with Crippen LogP contribution in [0.2, 0.25) is 0 Å². The van der Waals surface area contributed by atoms with Gasteiger partial charge in [-0.1, -0.05) is 38.8 Å². The van der Waals surface area contributed by atoms with E-state index in [9.17, 15) is 9.90 Å². The number of methoxy groups -OCH3 is 1. The van der Waals surface area contributed by atoms with Crippen molar-refractivity contribution in [3.63, 3.8) is 0 Å². The standard InChI is InChI=1S/C17H27NO3/c1-5-6-7-16(17(19)20)18-13(3)12(2)14-8-10-15(21-4)11-9-14/h8-13,16,18H,5-7H2,1-4H3,(H,19,20)/t12?,13?,16-/m0/s1. The third kappa shape index (κ3) is 5.38. The highest BCUT2D eigenvalue weighted by atomic mass is 16.5. The number of carboxylic acids is 1. The van der Waals surface area contributed by atoms with Gasteiger partial charge >= 0.3 is 5.97 Å². The number of hydrogen-bond donors (Lipinski definition) is 2. The molecule has 0 radical (unpaired) electrons. The second kappa shape index (κ2) is 8.67. The van der Waals surface area contributed by atoms with Crippen molar-refractivity contribution in [1.29, 1.82) is 0 Å². The average molecular weight is 293 g/mol. The Kier molecular flexibility index (Phi) is 7.23. The quantitative estimate of drug-likeness (QED) is 0.732. The van der Waals surface area contributed by atoms with Crippen molar-refractivity contribution in [2.45, 2.75) is 58.0 Å². The Morgan fingerprint density at radius 3 is 2.38 bits per heavy atom. The summed E-state index contributed by atoms with van der Waals surface area (Å²) in [4.78, 5) is 11.3. The highest BCUT2D eigenvalue weighted by Gasteiger charge is 2.22. The summed E-state index contributed by atoms with van der Waals surface area (Å²) in [6.07, 6.45) is 2.60. The molecule has 0 saturated heterocycles. The maximum absolute atomic E-state index is 11.3. The number of carbonyl (C=O) groups is 1. The number of nitrogens with one attached hydrogen (secondary N) is 1. The summed E-state index contributed by atoms with van der Waals surface area (Å²) in [5.74, 6) is 0.300. The molecule has 0 fully saturated rings. The highest BCUT2D eigenvalue weighted by Crippen LogP contribution is 2.22. The monoisotopic (exact) mass is 293 g/mol. The van der Waals surface area contributed by atoms with E-state index < -0.39 is 12.0 Å². The van der Waals surface area contributed by atoms with Crippen LogP contribution in [0.15, 0.2) is 24.3 Å². The molecule has 0 amide bonds. The Morgan fingerprint density at radius 2 is 1.90 bits per heavy atom. The first kappa shape index (κ1) is 17.5. The van der Waals surface area contributed by atoms with Gasteiger partial charge in [0.1, 0.15) is 11.8 Å². The number of aliphatic carboxylic acids is 1. The summed E-state index contributed by atoms with van der Waals surface area (Å²) in [7, 11) is 1.65. The lowest BCUT2D eigenvalue weighted by Gasteiger charge is -2.25. The van der Waals surface area contributed by atoms with Crippen LogP contribution in [-0.4, -0.2) is 30.3 Å². The smallest absolute Gasteiger partial charge is 0.320 e. The molecule has 0 aliphatic carbocycles. The molecule has 3 atom stereocenters. The number of hydrogen-bond acceptors (Lipinski definition) is 3. The van der Waals surface area contributed by atoms with Crippen molar-refractivity contribution in [2.75, 3.05) is 7.11 Å². The third-order valence-electron chi connectivity index (χ3n) is 4.00. The number of benzene rings is 1. The van der Waals surface area contributed by atoms with Crippen LogP contribution >= 0.6 is 0 Å². The van der Waals surface area contributed by atoms with Crippen LogP contribution in [-0.2, 0) is 4.79 Å². The average Bonchev–Trinajstić information content (AvgIpc) is 2.50. The third-order valence-corrected chi connectivity index (χ3v) is 4.00. The minimum absolute atomic E-state index is 0.0938. The molecular weight excluding hydrogens is 266 g/mol. The number of ether oxygens (including phenoxy) is 1. The van der Waals surface area contributed by atoms with E-state index in [0.717, 1.165) is 18.6 Å². The van der Waals surface area contributed by atoms with Gasteiger partial charge in [-0.15, -0.1) is 0 Å². The van der Waals surface area contributed by atoms with Gasteiger partial charge < -0.3 is 15.2 Å². The lowest BCUT2D eigenvalue weighted by atomic mass is 9.93. The lowest BCUT2D eigenvalue weighted by molar-refractivity contribution is -0.139. The van der Waals surface area contributed by atoms with Gasteiger partial charge in [0.25, 0.3) is 0 Å². The molecule has 0 aromatic heterocycles. The van der Waals surface area contributed by atoms with Gasteiger partial charge in [0.05, 0.1) is 7.11 Å². The number of unbranched alkanes of at least 4 members (excludes halogenated alkanes) is 1. The van der Waals surface area contributed by atoms with E-state index in [2.05, 4.69) is 19.2 Å². The maximum atomic E-state index is 11.3. The molecule has 1 aromatic carbocycles. The normalized spacial score (nSPS) is 15.2. The summed E-state index contributed by atoms with van der Waals surface area (Å²) in [6, 6.07) is 7.55. The van der Waals surface area contributed by atoms with Crippen molar-refractivity contribution in [1.82, 2.24) is 5.32 Å². The summed E-state index contributed by atoms with van der Waals surface area (Å²) in [5.41, 5.74) is 1.18. The highest BCUT2D eigenvalue weighted by molar-refractivity contribution is 5.73. The van der Waals surface area contributed by atoms with Crippen LogP contribution in [0.5, 0.6) is 5.75 Å². The predicted molar refractivity (Wildman–Crippen MR) is 85.0 cm³/mol. The zero-order valence-electron chi connectivity index (χ0n) is 13.4. The molecule has 0 bridgehead atoms. The van der Waals surface area contributed by atoms with Gasteiger partial charge in [0.15, 0.2) is 0 Å². The van der Waals surface area contributed by atoms with Gasteiger partial charge in [-0.2, -0.15) is 0 Å². The topological polar surface area (TPSA) is 58.6 Å². The van der Waals surface area contributed by atoms with E-state index in [4.69, 9.17) is 4.74 Å². The molecule has 4 heteroatoms. The molecule has 21 heavy (non-hydrogen) atoms. The molecule has 0 aliphatic rings. The molecular formula is C17H27NO3. The fourth-order valence-electron chi connectivity index (χ4n) is 2.34. The fourth-order valence-corrected chi connectivity index (χ4v) is 2.34. The van der Waals surface area contributed by atoms with Crippen LogP contribution in [0.25, 0.3) is 0 Å². The van der Waals surface area contributed by atoms with E-state index in [1.54, 1.807) is 7.11 Å². The van der Waals surface area contributed by atoms with E-state index >= 15 is 0 Å². The van der Waals surface area contributed by atoms with E-state index in [0.29, 0.717) is 6.42 Å². The Hall–Kier alpha value is -1.55. The Bertz CT molecular complexity index is 430. The molecule has 1 aromatic rings. The van der Waals surface area contributed by atoms with Gasteiger partial charge in [-0.05, 0) is 37.0 Å². The zero-order chi connectivity index (χ0) is 15.8. The van der Waals surface area contributed by atoms with Crippen molar-refractivity contribution >= 4 is 5.97 Å². The molecule has 1 rings (SSSR count). The maximum Gasteiger partial charge on any atom is 0.320 e. The van der Waals surface area contributed by atoms with Gasteiger partial charge in [0.2, 0.25) is 0 Å². The van der Waals surface area contributed by atoms with Gasteiger partial charge in [-0.25, -0.2) is 0 Å². The second-order valence-corrected chi connectivity index (χ2v) is 5.55. The predicted octanol–water partition coefficient (Wildman–Crippen LogP) is 3.42. The van der Waals surface area contributed by atoms with Gasteiger partial charge in [-0.3, -0.25) is 4.79 Å². The molecule has 118 valence electrons. The molecule has 2 unspecified atom stereocenters. The van der Waals surface area contributed by atoms with E-state index in [1.165, 1.54) is 5.56 Å². The summed E-state index contributed by atoms with van der Waals surface area (Å²) in [5, 5.41) is 12.5. The molecule has 0 spiro atoms. The van der Waals surface area contributed by atoms with Gasteiger partial charge in [0, 0.05) is 6.04 Å². The van der Waals surface area contributed by atoms with Crippen molar-refractivity contribution < 1.29 is 14.6 Å². The molecule has 0 aliphatic heterocycles. The van der Waals surface area contributed by atoms with E-state index in [1.807, 2.05) is 31.2 Å².